The van der Waals surface area contributed by atoms with Gasteiger partial charge in [0.2, 0.25) is 0 Å². The van der Waals surface area contributed by atoms with Crippen molar-refractivity contribution in [2.24, 2.45) is 0 Å². The number of rotatable bonds is 8. The second-order valence-corrected chi connectivity index (χ2v) is 17.4. The highest BCUT2D eigenvalue weighted by Crippen LogP contribution is 2.44. The highest BCUT2D eigenvalue weighted by Gasteiger charge is 2.20. The zero-order chi connectivity index (χ0) is 44.3. The Hall–Kier alpha value is -8.92. The van der Waals surface area contributed by atoms with Crippen molar-refractivity contribution in [1.29, 1.82) is 0 Å². The molecule has 0 aliphatic rings. The third-order valence-corrected chi connectivity index (χ3v) is 13.3. The van der Waals surface area contributed by atoms with Crippen LogP contribution in [0.25, 0.3) is 128 Å². The van der Waals surface area contributed by atoms with Gasteiger partial charge in [0, 0.05) is 38.2 Å². The van der Waals surface area contributed by atoms with E-state index < -0.39 is 0 Å². The second kappa shape index (κ2) is 16.0. The molecule has 3 aromatic heterocycles. The van der Waals surface area contributed by atoms with Gasteiger partial charge in [-0.05, 0) is 104 Å². The van der Waals surface area contributed by atoms with Gasteiger partial charge < -0.3 is 4.40 Å². The predicted molar refractivity (Wildman–Crippen MR) is 280 cm³/mol. The highest BCUT2D eigenvalue weighted by atomic mass is 14.9. The first kappa shape index (κ1) is 38.5. The van der Waals surface area contributed by atoms with E-state index >= 15 is 0 Å². The van der Waals surface area contributed by atoms with E-state index in [4.69, 9.17) is 9.97 Å². The van der Waals surface area contributed by atoms with Gasteiger partial charge in [0.05, 0.1) is 27.9 Å². The van der Waals surface area contributed by atoms with Crippen molar-refractivity contribution < 1.29 is 0 Å². The molecular weight excluding hydrogens is 811 g/mol. The molecule has 0 atom stereocenters. The Morgan fingerprint density at radius 3 is 1.33 bits per heavy atom. The SMILES string of the molecule is c1ccc(-c2cc(-c3cccc(-c4ccc5c6cccc7c8c(-c9ccccc9)cccc8n(c5c4)c67)c3)cc(-c3cccc(-c4nc(-c5ccccc5)cc(-c5ccccc5)n4)c3)c2)cc1. The molecule has 0 radical (unpaired) electrons. The molecule has 0 aliphatic heterocycles. The van der Waals surface area contributed by atoms with Crippen LogP contribution in [0.2, 0.25) is 0 Å². The maximum absolute atomic E-state index is 5.16. The first-order valence-electron chi connectivity index (χ1n) is 22.9. The summed E-state index contributed by atoms with van der Waals surface area (Å²) in [5, 5.41) is 5.14. The van der Waals surface area contributed by atoms with Gasteiger partial charge >= 0.3 is 0 Å². The topological polar surface area (TPSA) is 30.2 Å². The Balaban J connectivity index is 0.929. The molecule has 67 heavy (non-hydrogen) atoms. The maximum Gasteiger partial charge on any atom is 0.160 e. The van der Waals surface area contributed by atoms with Crippen molar-refractivity contribution in [3.05, 3.63) is 249 Å². The Morgan fingerprint density at radius 2 is 0.701 bits per heavy atom. The van der Waals surface area contributed by atoms with Crippen LogP contribution in [-0.2, 0) is 0 Å². The summed E-state index contributed by atoms with van der Waals surface area (Å²) < 4.78 is 2.49. The zero-order valence-corrected chi connectivity index (χ0v) is 36.5. The standard InChI is InChI=1S/C64H41N3/c1-5-17-42(18-6-1)51-37-52(39-53(38-51)48-27-14-28-50(36-48)64-65-58(44-21-9-3-10-22-44)41-59(66-64)45-23-11-4-12-24-45)47-26-13-25-46(35-47)49-33-34-55-56-30-15-31-57-62-54(43-19-7-2-8-20-43)29-16-32-60(62)67(63(56)57)61(55)40-49/h1-41H. The Bertz CT molecular complexity index is 3890. The lowest BCUT2D eigenvalue weighted by Crippen LogP contribution is -1.96. The first-order valence-corrected chi connectivity index (χ1v) is 22.9. The fraction of sp³-hybridized carbons (Fsp3) is 0. The Labute approximate surface area is 388 Å². The van der Waals surface area contributed by atoms with Crippen LogP contribution in [0.5, 0.6) is 0 Å². The van der Waals surface area contributed by atoms with Crippen molar-refractivity contribution in [3.8, 4) is 89.5 Å². The van der Waals surface area contributed by atoms with Crippen molar-refractivity contribution >= 4 is 38.1 Å². The summed E-state index contributed by atoms with van der Waals surface area (Å²) in [6, 6.07) is 89.4. The van der Waals surface area contributed by atoms with Gasteiger partial charge in [-0.3, -0.25) is 0 Å². The van der Waals surface area contributed by atoms with E-state index in [2.05, 4.69) is 241 Å². The van der Waals surface area contributed by atoms with Gasteiger partial charge in [0.25, 0.3) is 0 Å². The van der Waals surface area contributed by atoms with E-state index in [1.807, 2.05) is 12.1 Å². The quantitative estimate of drug-likeness (QED) is 0.152. The fourth-order valence-corrected chi connectivity index (χ4v) is 10.1. The van der Waals surface area contributed by atoms with Gasteiger partial charge in [-0.2, -0.15) is 0 Å². The molecule has 3 heterocycles. The first-order chi connectivity index (χ1) is 33.2. The van der Waals surface area contributed by atoms with E-state index in [-0.39, 0.29) is 0 Å². The van der Waals surface area contributed by atoms with Crippen LogP contribution in [0.4, 0.5) is 0 Å². The molecular formula is C64H41N3. The lowest BCUT2D eigenvalue weighted by molar-refractivity contribution is 1.18. The smallest absolute Gasteiger partial charge is 0.160 e. The molecule has 0 saturated carbocycles. The molecule has 0 amide bonds. The van der Waals surface area contributed by atoms with Gasteiger partial charge in [0.15, 0.2) is 5.82 Å². The monoisotopic (exact) mass is 851 g/mol. The lowest BCUT2D eigenvalue weighted by atomic mass is 9.91. The lowest BCUT2D eigenvalue weighted by Gasteiger charge is -2.14. The number of fused-ring (bicyclic) bond motifs is 6. The molecule has 0 fully saturated rings. The summed E-state index contributed by atoms with van der Waals surface area (Å²) in [5.74, 6) is 0.692. The summed E-state index contributed by atoms with van der Waals surface area (Å²) in [6.07, 6.45) is 0. The average Bonchev–Trinajstić information content (AvgIpc) is 3.94. The van der Waals surface area contributed by atoms with Crippen molar-refractivity contribution in [2.45, 2.75) is 0 Å². The summed E-state index contributed by atoms with van der Waals surface area (Å²) in [5.41, 5.74) is 20.3. The van der Waals surface area contributed by atoms with Gasteiger partial charge in [-0.15, -0.1) is 0 Å². The van der Waals surface area contributed by atoms with Crippen LogP contribution in [0.15, 0.2) is 249 Å². The molecule has 312 valence electrons. The number of hydrogen-bond donors (Lipinski definition) is 0. The van der Waals surface area contributed by atoms with Crippen LogP contribution < -0.4 is 0 Å². The zero-order valence-electron chi connectivity index (χ0n) is 36.5. The maximum atomic E-state index is 5.16. The van der Waals surface area contributed by atoms with E-state index in [0.717, 1.165) is 55.9 Å². The number of nitrogens with zero attached hydrogens (tertiary/aromatic N) is 3. The van der Waals surface area contributed by atoms with Crippen LogP contribution in [0, 0.1) is 0 Å². The molecule has 0 unspecified atom stereocenters. The molecule has 3 nitrogen and oxygen atoms in total. The largest absolute Gasteiger partial charge is 0.308 e. The average molecular weight is 852 g/mol. The van der Waals surface area contributed by atoms with Crippen LogP contribution in [-0.4, -0.2) is 14.4 Å². The molecule has 10 aromatic carbocycles. The van der Waals surface area contributed by atoms with Crippen molar-refractivity contribution in [3.63, 3.8) is 0 Å². The van der Waals surface area contributed by atoms with E-state index in [9.17, 15) is 0 Å². The number of para-hydroxylation sites is 1. The number of benzene rings is 10. The molecule has 0 bridgehead atoms. The molecule has 0 aliphatic carbocycles. The van der Waals surface area contributed by atoms with Gasteiger partial charge in [-0.1, -0.05) is 200 Å². The fourth-order valence-electron chi connectivity index (χ4n) is 10.1. The summed E-state index contributed by atoms with van der Waals surface area (Å²) in [6.45, 7) is 0. The molecule has 0 spiro atoms. The van der Waals surface area contributed by atoms with Gasteiger partial charge in [0.1, 0.15) is 0 Å². The van der Waals surface area contributed by atoms with E-state index in [1.165, 1.54) is 65.9 Å². The highest BCUT2D eigenvalue weighted by molar-refractivity contribution is 6.26. The van der Waals surface area contributed by atoms with Crippen LogP contribution in [0.3, 0.4) is 0 Å². The molecule has 3 heteroatoms. The third kappa shape index (κ3) is 6.76. The summed E-state index contributed by atoms with van der Waals surface area (Å²) in [4.78, 5) is 10.3. The van der Waals surface area contributed by atoms with Crippen LogP contribution >= 0.6 is 0 Å². The van der Waals surface area contributed by atoms with Crippen molar-refractivity contribution in [2.75, 3.05) is 0 Å². The van der Waals surface area contributed by atoms with E-state index in [0.29, 0.717) is 5.82 Å². The van der Waals surface area contributed by atoms with E-state index in [1.54, 1.807) is 0 Å². The summed E-state index contributed by atoms with van der Waals surface area (Å²) >= 11 is 0. The minimum absolute atomic E-state index is 0.692. The number of hydrogen-bond acceptors (Lipinski definition) is 2. The van der Waals surface area contributed by atoms with Gasteiger partial charge in [-0.25, -0.2) is 9.97 Å². The predicted octanol–water partition coefficient (Wildman–Crippen LogP) is 17.0. The molecule has 13 aromatic rings. The third-order valence-electron chi connectivity index (χ3n) is 13.3. The minimum atomic E-state index is 0.692. The normalized spacial score (nSPS) is 11.6. The Morgan fingerprint density at radius 1 is 0.254 bits per heavy atom. The number of aromatic nitrogens is 3. The molecule has 0 N–H and O–H groups in total. The molecule has 0 saturated heterocycles. The Kier molecular flexibility index (Phi) is 9.17. The minimum Gasteiger partial charge on any atom is -0.308 e. The van der Waals surface area contributed by atoms with Crippen LogP contribution in [0.1, 0.15) is 0 Å². The summed E-state index contributed by atoms with van der Waals surface area (Å²) in [7, 11) is 0. The molecule has 13 rings (SSSR count). The van der Waals surface area contributed by atoms with Crippen molar-refractivity contribution in [1.82, 2.24) is 14.4 Å². The second-order valence-electron chi connectivity index (χ2n) is 17.4.